The van der Waals surface area contributed by atoms with Crippen LogP contribution in [0.5, 0.6) is 5.75 Å². The topological polar surface area (TPSA) is 65.7 Å². The van der Waals surface area contributed by atoms with Gasteiger partial charge in [0.15, 0.2) is 5.75 Å². The molecule has 0 amide bonds. The molecule has 0 aromatic carbocycles. The van der Waals surface area contributed by atoms with Gasteiger partial charge in [0, 0.05) is 0 Å². The Kier molecular flexibility index (Phi) is 2.10. The zero-order valence-electron chi connectivity index (χ0n) is 7.88. The van der Waals surface area contributed by atoms with Crippen molar-refractivity contribution in [3.8, 4) is 11.7 Å². The van der Waals surface area contributed by atoms with Gasteiger partial charge in [0.2, 0.25) is 0 Å². The van der Waals surface area contributed by atoms with Crippen molar-refractivity contribution in [2.45, 2.75) is 6.92 Å². The first-order valence-electron chi connectivity index (χ1n) is 4.05. The SMILES string of the molecule is COc1cnc(-n2ncc(C)n2)nc1. The zero-order chi connectivity index (χ0) is 9.97. The molecule has 6 heteroatoms. The van der Waals surface area contributed by atoms with E-state index >= 15 is 0 Å². The van der Waals surface area contributed by atoms with Crippen LogP contribution in [-0.4, -0.2) is 32.1 Å². The molecule has 0 aliphatic rings. The van der Waals surface area contributed by atoms with E-state index in [2.05, 4.69) is 20.2 Å². The lowest BCUT2D eigenvalue weighted by atomic mass is 10.6. The van der Waals surface area contributed by atoms with Gasteiger partial charge in [-0.1, -0.05) is 0 Å². The van der Waals surface area contributed by atoms with Crippen LogP contribution >= 0.6 is 0 Å². The first-order valence-corrected chi connectivity index (χ1v) is 4.05. The van der Waals surface area contributed by atoms with Gasteiger partial charge in [0.05, 0.1) is 31.4 Å². The average molecular weight is 191 g/mol. The van der Waals surface area contributed by atoms with Gasteiger partial charge in [-0.2, -0.15) is 10.2 Å². The highest BCUT2D eigenvalue weighted by molar-refractivity contribution is 5.16. The van der Waals surface area contributed by atoms with Crippen molar-refractivity contribution in [3.63, 3.8) is 0 Å². The largest absolute Gasteiger partial charge is 0.494 e. The van der Waals surface area contributed by atoms with Gasteiger partial charge in [-0.15, -0.1) is 4.80 Å². The number of rotatable bonds is 2. The Labute approximate surface area is 80.6 Å². The molecule has 72 valence electrons. The highest BCUT2D eigenvalue weighted by Crippen LogP contribution is 2.06. The molecule has 6 nitrogen and oxygen atoms in total. The van der Waals surface area contributed by atoms with Crippen LogP contribution in [-0.2, 0) is 0 Å². The highest BCUT2D eigenvalue weighted by Gasteiger charge is 2.02. The molecule has 0 aliphatic heterocycles. The summed E-state index contributed by atoms with van der Waals surface area (Å²) in [6.45, 7) is 1.85. The lowest BCUT2D eigenvalue weighted by molar-refractivity contribution is 0.410. The minimum atomic E-state index is 0.430. The summed E-state index contributed by atoms with van der Waals surface area (Å²) in [7, 11) is 1.56. The van der Waals surface area contributed by atoms with Crippen molar-refractivity contribution in [2.75, 3.05) is 7.11 Å². The summed E-state index contributed by atoms with van der Waals surface area (Å²) in [5.74, 6) is 1.04. The first kappa shape index (κ1) is 8.61. The smallest absolute Gasteiger partial charge is 0.268 e. The molecule has 0 radical (unpaired) electrons. The molecule has 2 heterocycles. The van der Waals surface area contributed by atoms with E-state index in [0.717, 1.165) is 5.69 Å². The van der Waals surface area contributed by atoms with Gasteiger partial charge in [0.1, 0.15) is 0 Å². The van der Waals surface area contributed by atoms with E-state index in [0.29, 0.717) is 11.7 Å². The molecule has 0 fully saturated rings. The second-order valence-electron chi connectivity index (χ2n) is 2.70. The van der Waals surface area contributed by atoms with Gasteiger partial charge in [-0.05, 0) is 6.92 Å². The zero-order valence-corrected chi connectivity index (χ0v) is 7.88. The Morgan fingerprint density at radius 2 is 1.93 bits per heavy atom. The van der Waals surface area contributed by atoms with Crippen LogP contribution in [0.25, 0.3) is 5.95 Å². The van der Waals surface area contributed by atoms with Gasteiger partial charge < -0.3 is 4.74 Å². The van der Waals surface area contributed by atoms with Crippen molar-refractivity contribution in [1.29, 1.82) is 0 Å². The Morgan fingerprint density at radius 3 is 2.43 bits per heavy atom. The minimum Gasteiger partial charge on any atom is -0.494 e. The predicted octanol–water partition coefficient (Wildman–Crippen LogP) is 0.374. The van der Waals surface area contributed by atoms with E-state index in [1.807, 2.05) is 6.92 Å². The number of hydrogen-bond acceptors (Lipinski definition) is 5. The van der Waals surface area contributed by atoms with Crippen LogP contribution in [0.2, 0.25) is 0 Å². The van der Waals surface area contributed by atoms with Crippen LogP contribution in [0.1, 0.15) is 5.69 Å². The number of nitrogens with zero attached hydrogens (tertiary/aromatic N) is 5. The second kappa shape index (κ2) is 3.41. The summed E-state index contributed by atoms with van der Waals surface area (Å²) in [6.07, 6.45) is 4.79. The molecule has 2 rings (SSSR count). The molecule has 2 aromatic rings. The maximum absolute atomic E-state index is 4.94. The molecule has 0 unspecified atom stereocenters. The monoisotopic (exact) mass is 191 g/mol. The second-order valence-corrected chi connectivity index (χ2v) is 2.70. The molecular weight excluding hydrogens is 182 g/mol. The van der Waals surface area contributed by atoms with Crippen molar-refractivity contribution >= 4 is 0 Å². The molecular formula is C8H9N5O. The minimum absolute atomic E-state index is 0.430. The van der Waals surface area contributed by atoms with Crippen LogP contribution < -0.4 is 4.74 Å². The van der Waals surface area contributed by atoms with Gasteiger partial charge in [-0.25, -0.2) is 9.97 Å². The van der Waals surface area contributed by atoms with Crippen molar-refractivity contribution in [3.05, 3.63) is 24.3 Å². The fourth-order valence-electron chi connectivity index (χ4n) is 0.954. The standard InChI is InChI=1S/C8H9N5O/c1-6-3-11-13(12-6)8-9-4-7(14-2)5-10-8/h3-5H,1-2H3. The highest BCUT2D eigenvalue weighted by atomic mass is 16.5. The van der Waals surface area contributed by atoms with E-state index in [-0.39, 0.29) is 0 Å². The van der Waals surface area contributed by atoms with Crippen molar-refractivity contribution in [1.82, 2.24) is 25.0 Å². The molecule has 0 bridgehead atoms. The van der Waals surface area contributed by atoms with Crippen molar-refractivity contribution in [2.24, 2.45) is 0 Å². The maximum atomic E-state index is 4.94. The average Bonchev–Trinajstić information content (AvgIpc) is 2.65. The van der Waals surface area contributed by atoms with Gasteiger partial charge >= 0.3 is 0 Å². The first-order chi connectivity index (χ1) is 6.79. The van der Waals surface area contributed by atoms with Crippen LogP contribution in [0.4, 0.5) is 0 Å². The number of aryl methyl sites for hydroxylation is 1. The fraction of sp³-hybridized carbons (Fsp3) is 0.250. The lowest BCUT2D eigenvalue weighted by Gasteiger charge is -1.99. The molecule has 0 spiro atoms. The van der Waals surface area contributed by atoms with Crippen LogP contribution in [0.15, 0.2) is 18.6 Å². The maximum Gasteiger partial charge on any atom is 0.268 e. The van der Waals surface area contributed by atoms with E-state index in [4.69, 9.17) is 4.74 Å². The van der Waals surface area contributed by atoms with E-state index in [9.17, 15) is 0 Å². The normalized spacial score (nSPS) is 10.1. The summed E-state index contributed by atoms with van der Waals surface area (Å²) < 4.78 is 4.94. The van der Waals surface area contributed by atoms with E-state index in [1.165, 1.54) is 4.80 Å². The summed E-state index contributed by atoms with van der Waals surface area (Å²) in [6, 6.07) is 0. The quantitative estimate of drug-likeness (QED) is 0.686. The lowest BCUT2D eigenvalue weighted by Crippen LogP contribution is -2.04. The molecule has 0 saturated carbocycles. The Hall–Kier alpha value is -1.98. The summed E-state index contributed by atoms with van der Waals surface area (Å²) in [5, 5.41) is 8.06. The summed E-state index contributed by atoms with van der Waals surface area (Å²) in [4.78, 5) is 9.44. The Balaban J connectivity index is 2.33. The number of ether oxygens (including phenoxy) is 1. The number of hydrogen-bond donors (Lipinski definition) is 0. The van der Waals surface area contributed by atoms with Crippen LogP contribution in [0, 0.1) is 6.92 Å². The van der Waals surface area contributed by atoms with Crippen LogP contribution in [0.3, 0.4) is 0 Å². The summed E-state index contributed by atoms with van der Waals surface area (Å²) in [5.41, 5.74) is 0.824. The molecule has 14 heavy (non-hydrogen) atoms. The molecule has 0 saturated heterocycles. The van der Waals surface area contributed by atoms with Gasteiger partial charge in [-0.3, -0.25) is 0 Å². The number of aromatic nitrogens is 5. The van der Waals surface area contributed by atoms with Gasteiger partial charge in [0.25, 0.3) is 5.95 Å². The van der Waals surface area contributed by atoms with Crippen molar-refractivity contribution < 1.29 is 4.74 Å². The predicted molar refractivity (Wildman–Crippen MR) is 48.2 cm³/mol. The van der Waals surface area contributed by atoms with E-state index in [1.54, 1.807) is 25.7 Å². The summed E-state index contributed by atoms with van der Waals surface area (Å²) >= 11 is 0. The Bertz CT molecular complexity index is 422. The van der Waals surface area contributed by atoms with E-state index < -0.39 is 0 Å². The molecule has 2 aromatic heterocycles. The molecule has 0 atom stereocenters. The number of methoxy groups -OCH3 is 1. The third kappa shape index (κ3) is 1.54. The third-order valence-corrected chi connectivity index (χ3v) is 1.64. The third-order valence-electron chi connectivity index (χ3n) is 1.64. The molecule has 0 aliphatic carbocycles. The molecule has 0 N–H and O–H groups in total. The Morgan fingerprint density at radius 1 is 1.21 bits per heavy atom. The fourth-order valence-corrected chi connectivity index (χ4v) is 0.954.